The lowest BCUT2D eigenvalue weighted by Crippen LogP contribution is -2.48. The van der Waals surface area contributed by atoms with Crippen molar-refractivity contribution >= 4 is 11.8 Å². The summed E-state index contributed by atoms with van der Waals surface area (Å²) in [5, 5.41) is 8.81. The fraction of sp³-hybridized carbons (Fsp3) is 0.471. The molecule has 2 amide bonds. The molecule has 0 unspecified atom stereocenters. The lowest BCUT2D eigenvalue weighted by molar-refractivity contribution is -0.143. The largest absolute Gasteiger partial charge is 0.345 e. The van der Waals surface area contributed by atoms with Gasteiger partial charge in [0.25, 0.3) is 5.91 Å². The second-order valence-electron chi connectivity index (χ2n) is 6.28. The van der Waals surface area contributed by atoms with Gasteiger partial charge < -0.3 is 9.80 Å². The Hall–Kier alpha value is -2.35. The van der Waals surface area contributed by atoms with E-state index in [9.17, 15) is 9.59 Å². The topological polar surface area (TPSA) is 64.4 Å². The molecule has 0 aliphatic carbocycles. The Morgan fingerprint density at radius 2 is 1.95 bits per heavy atom. The van der Waals surface area contributed by atoms with Crippen molar-refractivity contribution < 1.29 is 9.59 Å². The van der Waals surface area contributed by atoms with Crippen molar-refractivity contribution in [2.24, 2.45) is 5.41 Å². The van der Waals surface area contributed by atoms with Crippen LogP contribution >= 0.6 is 0 Å². The fourth-order valence-corrected chi connectivity index (χ4v) is 3.56. The summed E-state index contributed by atoms with van der Waals surface area (Å²) < 4.78 is 0. The van der Waals surface area contributed by atoms with Crippen LogP contribution in [0.1, 0.15) is 35.2 Å². The zero-order valence-electron chi connectivity index (χ0n) is 12.7. The molecular weight excluding hydrogens is 278 g/mol. The summed E-state index contributed by atoms with van der Waals surface area (Å²) in [6.45, 7) is 1.94. The van der Waals surface area contributed by atoms with E-state index in [2.05, 4.69) is 0 Å². The predicted octanol–water partition coefficient (Wildman–Crippen LogP) is 1.64. The third-order valence-electron chi connectivity index (χ3n) is 4.85. The van der Waals surface area contributed by atoms with Crippen LogP contribution in [0.25, 0.3) is 0 Å². The van der Waals surface area contributed by atoms with E-state index in [1.54, 1.807) is 34.1 Å². The third kappa shape index (κ3) is 2.35. The molecule has 2 aliphatic heterocycles. The number of carbonyl (C=O) groups is 2. The van der Waals surface area contributed by atoms with Gasteiger partial charge in [-0.2, -0.15) is 5.26 Å². The first-order chi connectivity index (χ1) is 10.6. The van der Waals surface area contributed by atoms with Gasteiger partial charge >= 0.3 is 0 Å². The van der Waals surface area contributed by atoms with Crippen LogP contribution in [0.4, 0.5) is 0 Å². The van der Waals surface area contributed by atoms with Gasteiger partial charge in [-0.05, 0) is 43.5 Å². The normalized spacial score (nSPS) is 24.6. The van der Waals surface area contributed by atoms with E-state index >= 15 is 0 Å². The molecule has 5 nitrogen and oxygen atoms in total. The van der Waals surface area contributed by atoms with Crippen molar-refractivity contribution in [2.75, 3.05) is 26.7 Å². The van der Waals surface area contributed by atoms with Gasteiger partial charge in [-0.3, -0.25) is 9.59 Å². The Balaban J connectivity index is 1.75. The molecule has 0 bridgehead atoms. The summed E-state index contributed by atoms with van der Waals surface area (Å²) >= 11 is 0. The van der Waals surface area contributed by atoms with Crippen LogP contribution in [0, 0.1) is 16.7 Å². The highest BCUT2D eigenvalue weighted by atomic mass is 16.2. The molecule has 5 heteroatoms. The average Bonchev–Trinajstić information content (AvgIpc) is 2.97. The number of hydrogen-bond acceptors (Lipinski definition) is 3. The quantitative estimate of drug-likeness (QED) is 0.791. The molecule has 22 heavy (non-hydrogen) atoms. The van der Waals surface area contributed by atoms with Gasteiger partial charge in [0.2, 0.25) is 5.91 Å². The highest BCUT2D eigenvalue weighted by Gasteiger charge is 2.48. The molecule has 2 fully saturated rings. The van der Waals surface area contributed by atoms with Crippen LogP contribution in [0.5, 0.6) is 0 Å². The monoisotopic (exact) mass is 297 g/mol. The Kier molecular flexibility index (Phi) is 3.61. The number of carbonyl (C=O) groups excluding carboxylic acids is 2. The Bertz CT molecular complexity index is 647. The van der Waals surface area contributed by atoms with Crippen LogP contribution < -0.4 is 0 Å². The van der Waals surface area contributed by atoms with Crippen molar-refractivity contribution in [1.29, 1.82) is 5.26 Å². The van der Waals surface area contributed by atoms with Gasteiger partial charge in [-0.15, -0.1) is 0 Å². The average molecular weight is 297 g/mol. The molecule has 1 aromatic rings. The number of hydrogen-bond donors (Lipinski definition) is 0. The zero-order valence-corrected chi connectivity index (χ0v) is 12.7. The minimum atomic E-state index is -0.380. The van der Waals surface area contributed by atoms with E-state index in [1.807, 2.05) is 13.1 Å². The van der Waals surface area contributed by atoms with Gasteiger partial charge in [-0.1, -0.05) is 0 Å². The van der Waals surface area contributed by atoms with Gasteiger partial charge in [0.1, 0.15) is 0 Å². The summed E-state index contributed by atoms with van der Waals surface area (Å²) in [6.07, 6.45) is 2.62. The fourth-order valence-electron chi connectivity index (χ4n) is 3.56. The molecule has 0 aromatic heterocycles. The first-order valence-corrected chi connectivity index (χ1v) is 7.61. The lowest BCUT2D eigenvalue weighted by atomic mass is 9.78. The molecule has 1 spiro atoms. The van der Waals surface area contributed by atoms with Gasteiger partial charge in [0.15, 0.2) is 0 Å². The Morgan fingerprint density at radius 3 is 2.64 bits per heavy atom. The standard InChI is InChI=1S/C17H19N3O2/c1-19-9-2-7-17(16(19)22)8-10-20(12-17)15(21)14-5-3-13(11-18)4-6-14/h3-6H,2,7-10,12H2,1H3/t17-/m1/s1. The maximum Gasteiger partial charge on any atom is 0.253 e. The molecule has 3 rings (SSSR count). The van der Waals surface area contributed by atoms with Crippen LogP contribution in [-0.4, -0.2) is 48.3 Å². The van der Waals surface area contributed by atoms with E-state index in [-0.39, 0.29) is 17.2 Å². The highest BCUT2D eigenvalue weighted by Crippen LogP contribution is 2.40. The zero-order chi connectivity index (χ0) is 15.7. The van der Waals surface area contributed by atoms with Crippen LogP contribution in [-0.2, 0) is 4.79 Å². The number of nitrogens with zero attached hydrogens (tertiary/aromatic N) is 3. The maximum atomic E-state index is 12.6. The third-order valence-corrected chi connectivity index (χ3v) is 4.85. The van der Waals surface area contributed by atoms with Crippen molar-refractivity contribution in [1.82, 2.24) is 9.80 Å². The second-order valence-corrected chi connectivity index (χ2v) is 6.28. The van der Waals surface area contributed by atoms with E-state index in [0.717, 1.165) is 25.8 Å². The number of amides is 2. The molecule has 0 saturated carbocycles. The first-order valence-electron chi connectivity index (χ1n) is 7.61. The van der Waals surface area contributed by atoms with Crippen molar-refractivity contribution in [3.63, 3.8) is 0 Å². The highest BCUT2D eigenvalue weighted by molar-refractivity contribution is 5.95. The predicted molar refractivity (Wildman–Crippen MR) is 81.0 cm³/mol. The van der Waals surface area contributed by atoms with Crippen LogP contribution in [0.15, 0.2) is 24.3 Å². The number of benzene rings is 1. The number of likely N-dealkylation sites (tertiary alicyclic amines) is 2. The summed E-state index contributed by atoms with van der Waals surface area (Å²) in [4.78, 5) is 28.6. The van der Waals surface area contributed by atoms with Crippen LogP contribution in [0.3, 0.4) is 0 Å². The van der Waals surface area contributed by atoms with E-state index in [4.69, 9.17) is 5.26 Å². The minimum absolute atomic E-state index is 0.0533. The van der Waals surface area contributed by atoms with E-state index in [1.165, 1.54) is 0 Å². The first kappa shape index (κ1) is 14.6. The van der Waals surface area contributed by atoms with E-state index in [0.29, 0.717) is 24.2 Å². The van der Waals surface area contributed by atoms with Gasteiger partial charge in [-0.25, -0.2) is 0 Å². The number of rotatable bonds is 1. The molecule has 1 atom stereocenters. The Morgan fingerprint density at radius 1 is 1.23 bits per heavy atom. The summed E-state index contributed by atoms with van der Waals surface area (Å²) in [5.74, 6) is 0.122. The summed E-state index contributed by atoms with van der Waals surface area (Å²) in [5.41, 5.74) is 0.737. The molecular formula is C17H19N3O2. The summed E-state index contributed by atoms with van der Waals surface area (Å²) in [7, 11) is 1.84. The van der Waals surface area contributed by atoms with E-state index < -0.39 is 0 Å². The molecule has 2 heterocycles. The Labute approximate surface area is 130 Å². The van der Waals surface area contributed by atoms with Crippen LogP contribution in [0.2, 0.25) is 0 Å². The smallest absolute Gasteiger partial charge is 0.253 e. The minimum Gasteiger partial charge on any atom is -0.345 e. The van der Waals surface area contributed by atoms with Gasteiger partial charge in [0.05, 0.1) is 17.0 Å². The maximum absolute atomic E-state index is 12.6. The lowest BCUT2D eigenvalue weighted by Gasteiger charge is -2.37. The molecule has 114 valence electrons. The van der Waals surface area contributed by atoms with Crippen molar-refractivity contribution in [3.05, 3.63) is 35.4 Å². The van der Waals surface area contributed by atoms with Crippen molar-refractivity contribution in [2.45, 2.75) is 19.3 Å². The molecule has 0 N–H and O–H groups in total. The number of piperidine rings is 1. The van der Waals surface area contributed by atoms with Crippen molar-refractivity contribution in [3.8, 4) is 6.07 Å². The van der Waals surface area contributed by atoms with Gasteiger partial charge in [0, 0.05) is 32.2 Å². The molecule has 1 aromatic carbocycles. The molecule has 0 radical (unpaired) electrons. The number of nitriles is 1. The second kappa shape index (κ2) is 5.45. The molecule has 2 saturated heterocycles. The summed E-state index contributed by atoms with van der Waals surface area (Å²) in [6, 6.07) is 8.71. The SMILES string of the molecule is CN1CCC[C@]2(CCN(C(=O)c3ccc(C#N)cc3)C2)C1=O. The molecule has 2 aliphatic rings.